The van der Waals surface area contributed by atoms with Gasteiger partial charge in [-0.25, -0.2) is 13.8 Å². The number of carbonyl (C=O) groups excluding carboxylic acids is 2. The molecule has 1 amide bonds. The second kappa shape index (κ2) is 10.5. The summed E-state index contributed by atoms with van der Waals surface area (Å²) >= 11 is 7.94. The molecule has 2 heterocycles. The lowest BCUT2D eigenvalue weighted by Gasteiger charge is -2.11. The molecular formula is C25H15ClF2IN3O4. The summed E-state index contributed by atoms with van der Waals surface area (Å²) in [6.07, 6.45) is 2.48. The van der Waals surface area contributed by atoms with Gasteiger partial charge in [-0.3, -0.25) is 19.0 Å². The zero-order valence-electron chi connectivity index (χ0n) is 18.2. The fourth-order valence-electron chi connectivity index (χ4n) is 3.38. The number of ketones is 1. The Labute approximate surface area is 221 Å². The maximum absolute atomic E-state index is 14.8. The van der Waals surface area contributed by atoms with Crippen LogP contribution in [0.2, 0.25) is 5.02 Å². The Morgan fingerprint density at radius 3 is 2.44 bits per heavy atom. The third-order valence-corrected chi connectivity index (χ3v) is 6.36. The van der Waals surface area contributed by atoms with Crippen molar-refractivity contribution in [1.82, 2.24) is 9.55 Å². The Bertz CT molecular complexity index is 1560. The fourth-order valence-corrected chi connectivity index (χ4v) is 4.31. The normalized spacial score (nSPS) is 10.8. The molecule has 4 aromatic rings. The summed E-state index contributed by atoms with van der Waals surface area (Å²) in [5.74, 6) is -2.86. The molecule has 0 saturated carbocycles. The first-order valence-electron chi connectivity index (χ1n) is 10.3. The quantitative estimate of drug-likeness (QED) is 0.229. The van der Waals surface area contributed by atoms with Crippen LogP contribution in [0.1, 0.15) is 26.4 Å². The third kappa shape index (κ3) is 5.29. The van der Waals surface area contributed by atoms with E-state index in [0.29, 0.717) is 14.8 Å². The summed E-state index contributed by atoms with van der Waals surface area (Å²) in [6, 6.07) is 12.1. The van der Waals surface area contributed by atoms with Crippen LogP contribution in [0.25, 0.3) is 5.69 Å². The van der Waals surface area contributed by atoms with Crippen LogP contribution >= 0.6 is 34.2 Å². The highest BCUT2D eigenvalue weighted by atomic mass is 127. The topological polar surface area (TPSA) is 104 Å². The third-order valence-electron chi connectivity index (χ3n) is 5.09. The van der Waals surface area contributed by atoms with Crippen molar-refractivity contribution in [3.63, 3.8) is 0 Å². The molecule has 0 radical (unpaired) electrons. The number of nitrogens with zero attached hydrogens (tertiary/aromatic N) is 2. The maximum atomic E-state index is 14.8. The lowest BCUT2D eigenvalue weighted by Crippen LogP contribution is -2.27. The zero-order chi connectivity index (χ0) is 26.0. The number of amides is 1. The largest absolute Gasteiger partial charge is 0.453 e. The molecule has 0 unspecified atom stereocenters. The number of benzene rings is 2. The maximum Gasteiger partial charge on any atom is 0.268 e. The number of hydrogen-bond donors (Lipinski definition) is 1. The number of halogens is 4. The van der Waals surface area contributed by atoms with Gasteiger partial charge in [0.25, 0.3) is 11.5 Å². The van der Waals surface area contributed by atoms with E-state index in [1.165, 1.54) is 59.4 Å². The molecule has 0 spiro atoms. The summed E-state index contributed by atoms with van der Waals surface area (Å²) in [5, 5.41) is -0.167. The number of carbonyl (C=O) groups is 2. The molecule has 0 aliphatic heterocycles. The van der Waals surface area contributed by atoms with E-state index in [1.807, 2.05) is 22.6 Å². The van der Waals surface area contributed by atoms with E-state index in [-0.39, 0.29) is 34.2 Å². The molecule has 0 aliphatic rings. The zero-order valence-corrected chi connectivity index (χ0v) is 21.1. The van der Waals surface area contributed by atoms with E-state index in [4.69, 9.17) is 22.1 Å². The van der Waals surface area contributed by atoms with Crippen molar-refractivity contribution < 1.29 is 23.1 Å². The second-order valence-electron chi connectivity index (χ2n) is 7.49. The van der Waals surface area contributed by atoms with E-state index in [1.54, 1.807) is 6.07 Å². The molecular weight excluding hydrogens is 607 g/mol. The van der Waals surface area contributed by atoms with Crippen molar-refractivity contribution in [1.29, 1.82) is 0 Å². The number of hydrogen-bond acceptors (Lipinski definition) is 5. The molecule has 2 N–H and O–H groups in total. The first-order valence-corrected chi connectivity index (χ1v) is 11.7. The van der Waals surface area contributed by atoms with Crippen LogP contribution in [-0.4, -0.2) is 21.2 Å². The number of Topliss-reactive ketones (excluding diaryl/α,β-unsaturated/α-hetero) is 1. The van der Waals surface area contributed by atoms with Gasteiger partial charge in [0.1, 0.15) is 22.3 Å². The van der Waals surface area contributed by atoms with Crippen molar-refractivity contribution in [2.24, 2.45) is 5.73 Å². The number of primary amides is 1. The summed E-state index contributed by atoms with van der Waals surface area (Å²) in [7, 11) is 0. The Morgan fingerprint density at radius 2 is 1.78 bits per heavy atom. The van der Waals surface area contributed by atoms with Gasteiger partial charge in [-0.2, -0.15) is 0 Å². The number of ether oxygens (including phenoxy) is 1. The molecule has 4 rings (SSSR count). The van der Waals surface area contributed by atoms with Crippen molar-refractivity contribution in [2.75, 3.05) is 0 Å². The SMILES string of the molecule is NC(=O)c1nccc(Oc2ccc(CC(=O)c3c(I)ccn(-c4ccc(F)cc4)c3=O)cc2F)c1Cl. The van der Waals surface area contributed by atoms with Crippen LogP contribution in [0, 0.1) is 15.2 Å². The molecule has 0 saturated heterocycles. The first-order chi connectivity index (χ1) is 17.2. The molecule has 11 heteroatoms. The molecule has 0 atom stereocenters. The van der Waals surface area contributed by atoms with Crippen molar-refractivity contribution in [3.05, 3.63) is 114 Å². The number of rotatable bonds is 7. The molecule has 2 aromatic carbocycles. The smallest absolute Gasteiger partial charge is 0.268 e. The van der Waals surface area contributed by atoms with Gasteiger partial charge in [0.05, 0.1) is 5.56 Å². The molecule has 0 aliphatic carbocycles. The van der Waals surface area contributed by atoms with Gasteiger partial charge in [-0.1, -0.05) is 17.7 Å². The molecule has 7 nitrogen and oxygen atoms in total. The fraction of sp³-hybridized carbons (Fsp3) is 0.0400. The number of pyridine rings is 2. The van der Waals surface area contributed by atoms with Gasteiger partial charge in [0, 0.05) is 34.1 Å². The molecule has 36 heavy (non-hydrogen) atoms. The van der Waals surface area contributed by atoms with Gasteiger partial charge in [-0.05, 0) is 70.6 Å². The van der Waals surface area contributed by atoms with Crippen molar-refractivity contribution in [3.8, 4) is 17.2 Å². The standard InChI is InChI=1S/C25H15ClF2IN3O4/c26-22-20(7-9-31-23(22)24(30)34)36-19-6-1-13(11-16(19)28)12-18(33)21-17(29)8-10-32(25(21)35)15-4-2-14(27)3-5-15/h1-11H,12H2,(H2,30,34). The Balaban J connectivity index is 1.58. The van der Waals surface area contributed by atoms with Crippen LogP contribution in [0.5, 0.6) is 11.5 Å². The van der Waals surface area contributed by atoms with Crippen LogP contribution < -0.4 is 16.0 Å². The summed E-state index contributed by atoms with van der Waals surface area (Å²) in [6.45, 7) is 0. The van der Waals surface area contributed by atoms with Crippen LogP contribution in [-0.2, 0) is 6.42 Å². The Morgan fingerprint density at radius 1 is 1.06 bits per heavy atom. The van der Waals surface area contributed by atoms with E-state index >= 15 is 0 Å². The average Bonchev–Trinajstić information content (AvgIpc) is 2.82. The number of nitrogens with two attached hydrogens (primary N) is 1. The molecule has 0 fully saturated rings. The molecule has 182 valence electrons. The predicted molar refractivity (Wildman–Crippen MR) is 137 cm³/mol. The van der Waals surface area contributed by atoms with Gasteiger partial charge in [-0.15, -0.1) is 0 Å². The first kappa shape index (κ1) is 25.5. The van der Waals surface area contributed by atoms with Crippen molar-refractivity contribution in [2.45, 2.75) is 6.42 Å². The van der Waals surface area contributed by atoms with Gasteiger partial charge >= 0.3 is 0 Å². The minimum atomic E-state index is -0.867. The van der Waals surface area contributed by atoms with E-state index in [0.717, 1.165) is 6.07 Å². The predicted octanol–water partition coefficient (Wildman–Crippen LogP) is 5.09. The minimum absolute atomic E-state index is 0.0247. The summed E-state index contributed by atoms with van der Waals surface area (Å²) in [5.41, 5.74) is 5.04. The van der Waals surface area contributed by atoms with Crippen LogP contribution in [0.3, 0.4) is 0 Å². The second-order valence-corrected chi connectivity index (χ2v) is 9.03. The molecule has 2 aromatic heterocycles. The van der Waals surface area contributed by atoms with E-state index in [9.17, 15) is 23.2 Å². The highest BCUT2D eigenvalue weighted by Crippen LogP contribution is 2.32. The minimum Gasteiger partial charge on any atom is -0.453 e. The van der Waals surface area contributed by atoms with Crippen molar-refractivity contribution >= 4 is 45.9 Å². The van der Waals surface area contributed by atoms with Crippen LogP contribution in [0.15, 0.2) is 71.8 Å². The monoisotopic (exact) mass is 621 g/mol. The lowest BCUT2D eigenvalue weighted by molar-refractivity contribution is 0.0984. The Kier molecular flexibility index (Phi) is 7.45. The van der Waals surface area contributed by atoms with Gasteiger partial charge < -0.3 is 10.5 Å². The summed E-state index contributed by atoms with van der Waals surface area (Å²) < 4.78 is 35.2. The lowest BCUT2D eigenvalue weighted by atomic mass is 10.0. The van der Waals surface area contributed by atoms with E-state index in [2.05, 4.69) is 4.98 Å². The van der Waals surface area contributed by atoms with Gasteiger partial charge in [0.2, 0.25) is 0 Å². The summed E-state index contributed by atoms with van der Waals surface area (Å²) in [4.78, 5) is 41.2. The molecule has 0 bridgehead atoms. The number of aromatic nitrogens is 2. The van der Waals surface area contributed by atoms with E-state index < -0.39 is 28.9 Å². The average molecular weight is 622 g/mol. The highest BCUT2D eigenvalue weighted by Gasteiger charge is 2.20. The van der Waals surface area contributed by atoms with Crippen LogP contribution in [0.4, 0.5) is 8.78 Å². The van der Waals surface area contributed by atoms with Gasteiger partial charge in [0.15, 0.2) is 17.3 Å². The Hall–Kier alpha value is -3.64. The highest BCUT2D eigenvalue weighted by molar-refractivity contribution is 14.1.